The van der Waals surface area contributed by atoms with Crippen LogP contribution < -0.4 is 5.32 Å². The largest absolute Gasteiger partial charge is 0.480 e. The lowest BCUT2D eigenvalue weighted by Gasteiger charge is -2.27. The smallest absolute Gasteiger partial charge is 0.326 e. The van der Waals surface area contributed by atoms with Crippen molar-refractivity contribution in [3.05, 3.63) is 71.5 Å². The number of benzene rings is 2. The summed E-state index contributed by atoms with van der Waals surface area (Å²) in [6.45, 7) is 3.14. The fourth-order valence-electron chi connectivity index (χ4n) is 2.48. The van der Waals surface area contributed by atoms with Gasteiger partial charge in [-0.2, -0.15) is 0 Å². The lowest BCUT2D eigenvalue weighted by atomic mass is 9.83. The predicted octanol–water partition coefficient (Wildman–Crippen LogP) is 2.92. The minimum atomic E-state index is -1.18. The number of nitrogens with one attached hydrogen (secondary N) is 1. The molecule has 2 aromatic rings. The van der Waals surface area contributed by atoms with E-state index < -0.39 is 29.2 Å². The standard InChI is InChI=1S/C19H20FNO3/c1-19(2,14-10-6-7-11-15(14)20)18(24)21-16(17(22)23)12-13-8-4-3-5-9-13/h3-11,16H,12H2,1-2H3,(H,21,24)(H,22,23). The summed E-state index contributed by atoms with van der Waals surface area (Å²) >= 11 is 0. The molecule has 0 aliphatic carbocycles. The van der Waals surface area contributed by atoms with Gasteiger partial charge in [0.1, 0.15) is 11.9 Å². The van der Waals surface area contributed by atoms with Crippen molar-refractivity contribution < 1.29 is 19.1 Å². The molecule has 1 amide bonds. The van der Waals surface area contributed by atoms with Crippen LogP contribution in [0.25, 0.3) is 0 Å². The van der Waals surface area contributed by atoms with Crippen molar-refractivity contribution in [3.8, 4) is 0 Å². The topological polar surface area (TPSA) is 66.4 Å². The zero-order chi connectivity index (χ0) is 17.7. The fraction of sp³-hybridized carbons (Fsp3) is 0.263. The summed E-state index contributed by atoms with van der Waals surface area (Å²) in [7, 11) is 0. The first-order chi connectivity index (χ1) is 11.3. The number of carboxylic acids is 1. The molecule has 0 heterocycles. The number of halogens is 1. The molecule has 0 aromatic heterocycles. The molecule has 0 aliphatic heterocycles. The van der Waals surface area contributed by atoms with Crippen LogP contribution in [0.15, 0.2) is 54.6 Å². The van der Waals surface area contributed by atoms with Crippen LogP contribution >= 0.6 is 0 Å². The van der Waals surface area contributed by atoms with Crippen molar-refractivity contribution >= 4 is 11.9 Å². The molecule has 2 rings (SSSR count). The van der Waals surface area contributed by atoms with E-state index in [2.05, 4.69) is 5.32 Å². The first-order valence-electron chi connectivity index (χ1n) is 7.65. The molecule has 0 radical (unpaired) electrons. The summed E-state index contributed by atoms with van der Waals surface area (Å²) in [6.07, 6.45) is 0.162. The second-order valence-corrected chi connectivity index (χ2v) is 6.16. The second kappa shape index (κ2) is 7.25. The molecule has 0 fully saturated rings. The van der Waals surface area contributed by atoms with Gasteiger partial charge in [0.15, 0.2) is 0 Å². The van der Waals surface area contributed by atoms with Gasteiger partial charge in [0, 0.05) is 12.0 Å². The van der Waals surface area contributed by atoms with Gasteiger partial charge in [-0.25, -0.2) is 9.18 Å². The SMILES string of the molecule is CC(C)(C(=O)NC(Cc1ccccc1)C(=O)O)c1ccccc1F. The van der Waals surface area contributed by atoms with Gasteiger partial charge >= 0.3 is 5.97 Å². The van der Waals surface area contributed by atoms with Crippen LogP contribution in [0.1, 0.15) is 25.0 Å². The van der Waals surface area contributed by atoms with E-state index in [1.807, 2.05) is 6.07 Å². The Bertz CT molecular complexity index is 728. The molecule has 0 spiro atoms. The van der Waals surface area contributed by atoms with Crippen LogP contribution in [0, 0.1) is 5.82 Å². The Morgan fingerprint density at radius 3 is 2.25 bits per heavy atom. The van der Waals surface area contributed by atoms with E-state index in [0.717, 1.165) is 5.56 Å². The molecule has 0 bridgehead atoms. The minimum absolute atomic E-state index is 0.162. The normalized spacial score (nSPS) is 12.5. The number of hydrogen-bond acceptors (Lipinski definition) is 2. The summed E-state index contributed by atoms with van der Waals surface area (Å²) < 4.78 is 14.0. The third-order valence-corrected chi connectivity index (χ3v) is 4.00. The maximum absolute atomic E-state index is 14.0. The molecular formula is C19H20FNO3. The lowest BCUT2D eigenvalue weighted by molar-refractivity contribution is -0.142. The Hall–Kier alpha value is -2.69. The molecule has 1 unspecified atom stereocenters. The molecular weight excluding hydrogens is 309 g/mol. The molecule has 0 saturated heterocycles. The van der Waals surface area contributed by atoms with Gasteiger partial charge in [0.05, 0.1) is 5.41 Å². The zero-order valence-electron chi connectivity index (χ0n) is 13.6. The molecule has 0 aliphatic rings. The van der Waals surface area contributed by atoms with E-state index in [-0.39, 0.29) is 12.0 Å². The highest BCUT2D eigenvalue weighted by Gasteiger charge is 2.34. The summed E-state index contributed by atoms with van der Waals surface area (Å²) in [4.78, 5) is 24.1. The number of carboxylic acid groups (broad SMARTS) is 1. The molecule has 126 valence electrons. The van der Waals surface area contributed by atoms with E-state index in [9.17, 15) is 19.1 Å². The van der Waals surface area contributed by atoms with Crippen molar-refractivity contribution in [3.63, 3.8) is 0 Å². The average molecular weight is 329 g/mol. The summed E-state index contributed by atoms with van der Waals surface area (Å²) in [5.41, 5.74) is -0.157. The second-order valence-electron chi connectivity index (χ2n) is 6.16. The number of carbonyl (C=O) groups is 2. The van der Waals surface area contributed by atoms with Gasteiger partial charge in [-0.05, 0) is 25.5 Å². The summed E-state index contributed by atoms with van der Waals surface area (Å²) in [6, 6.07) is 14.0. The van der Waals surface area contributed by atoms with E-state index in [1.54, 1.807) is 50.2 Å². The molecule has 24 heavy (non-hydrogen) atoms. The first-order valence-corrected chi connectivity index (χ1v) is 7.65. The van der Waals surface area contributed by atoms with Gasteiger partial charge in [0.2, 0.25) is 5.91 Å². The zero-order valence-corrected chi connectivity index (χ0v) is 13.6. The van der Waals surface area contributed by atoms with Crippen molar-refractivity contribution in [1.29, 1.82) is 0 Å². The maximum Gasteiger partial charge on any atom is 0.326 e. The third-order valence-electron chi connectivity index (χ3n) is 4.00. The van der Waals surface area contributed by atoms with E-state index in [4.69, 9.17) is 0 Å². The molecule has 2 N–H and O–H groups in total. The van der Waals surface area contributed by atoms with Gasteiger partial charge in [-0.15, -0.1) is 0 Å². The Kier molecular flexibility index (Phi) is 5.34. The number of rotatable bonds is 6. The van der Waals surface area contributed by atoms with Crippen molar-refractivity contribution in [2.24, 2.45) is 0 Å². The molecule has 0 saturated carbocycles. The average Bonchev–Trinajstić information content (AvgIpc) is 2.55. The molecule has 2 aromatic carbocycles. The monoisotopic (exact) mass is 329 g/mol. The van der Waals surface area contributed by atoms with Crippen molar-refractivity contribution in [2.75, 3.05) is 0 Å². The Morgan fingerprint density at radius 2 is 1.67 bits per heavy atom. The maximum atomic E-state index is 14.0. The van der Waals surface area contributed by atoms with Crippen molar-refractivity contribution in [1.82, 2.24) is 5.32 Å². The number of hydrogen-bond donors (Lipinski definition) is 2. The van der Waals surface area contributed by atoms with Crippen LogP contribution in [0.2, 0.25) is 0 Å². The van der Waals surface area contributed by atoms with Crippen LogP contribution in [-0.2, 0) is 21.4 Å². The number of carbonyl (C=O) groups excluding carboxylic acids is 1. The Balaban J connectivity index is 2.18. The molecule has 1 atom stereocenters. The van der Waals surface area contributed by atoms with Gasteiger partial charge in [-0.3, -0.25) is 4.79 Å². The quantitative estimate of drug-likeness (QED) is 0.856. The lowest BCUT2D eigenvalue weighted by Crippen LogP contribution is -2.49. The molecule has 4 nitrogen and oxygen atoms in total. The van der Waals surface area contributed by atoms with Crippen molar-refractivity contribution in [2.45, 2.75) is 31.7 Å². The highest BCUT2D eigenvalue weighted by molar-refractivity contribution is 5.91. The Morgan fingerprint density at radius 1 is 1.08 bits per heavy atom. The van der Waals surface area contributed by atoms with Crippen LogP contribution in [0.3, 0.4) is 0 Å². The van der Waals surface area contributed by atoms with Crippen LogP contribution in [0.4, 0.5) is 4.39 Å². The predicted molar refractivity (Wildman–Crippen MR) is 89.1 cm³/mol. The third kappa shape index (κ3) is 3.98. The van der Waals surface area contributed by atoms with Gasteiger partial charge in [0.25, 0.3) is 0 Å². The summed E-state index contributed by atoms with van der Waals surface area (Å²) in [5.74, 6) is -2.15. The van der Waals surface area contributed by atoms with E-state index in [1.165, 1.54) is 12.1 Å². The highest BCUT2D eigenvalue weighted by Crippen LogP contribution is 2.26. The first kappa shape index (κ1) is 17.7. The highest BCUT2D eigenvalue weighted by atomic mass is 19.1. The minimum Gasteiger partial charge on any atom is -0.480 e. The fourth-order valence-corrected chi connectivity index (χ4v) is 2.48. The Labute approximate surface area is 140 Å². The number of amides is 1. The van der Waals surface area contributed by atoms with E-state index in [0.29, 0.717) is 0 Å². The molecule has 5 heteroatoms. The van der Waals surface area contributed by atoms with Gasteiger partial charge < -0.3 is 10.4 Å². The number of aliphatic carboxylic acids is 1. The van der Waals surface area contributed by atoms with E-state index >= 15 is 0 Å². The van der Waals surface area contributed by atoms with Gasteiger partial charge in [-0.1, -0.05) is 48.5 Å². The van der Waals surface area contributed by atoms with Crippen LogP contribution in [-0.4, -0.2) is 23.0 Å². The van der Waals surface area contributed by atoms with Crippen LogP contribution in [0.5, 0.6) is 0 Å². The summed E-state index contributed by atoms with van der Waals surface area (Å²) in [5, 5.41) is 11.9.